The van der Waals surface area contributed by atoms with E-state index in [0.29, 0.717) is 6.42 Å². The van der Waals surface area contributed by atoms with Crippen LogP contribution in [0, 0.1) is 15.2 Å². The van der Waals surface area contributed by atoms with E-state index >= 15 is 0 Å². The monoisotopic (exact) mass is 348 g/mol. The highest BCUT2D eigenvalue weighted by atomic mass is 127. The van der Waals surface area contributed by atoms with Crippen LogP contribution >= 0.6 is 22.6 Å². The van der Waals surface area contributed by atoms with Crippen LogP contribution in [0.2, 0.25) is 0 Å². The van der Waals surface area contributed by atoms with Crippen molar-refractivity contribution in [2.24, 2.45) is 7.05 Å². The zero-order valence-corrected chi connectivity index (χ0v) is 11.4. The van der Waals surface area contributed by atoms with Crippen LogP contribution in [0.3, 0.4) is 0 Å². The highest BCUT2D eigenvalue weighted by molar-refractivity contribution is 14.1. The molecule has 0 bridgehead atoms. The molecule has 2 rings (SSSR count). The number of nitrogens with zero attached hydrogens (tertiary/aromatic N) is 2. The minimum atomic E-state index is -0.802. The third-order valence-corrected chi connectivity index (χ3v) is 3.55. The molecule has 2 aromatic rings. The van der Waals surface area contributed by atoms with Gasteiger partial charge < -0.3 is 0 Å². The number of rotatable bonds is 3. The number of hydrogen-bond acceptors (Lipinski definition) is 1. The van der Waals surface area contributed by atoms with Crippen molar-refractivity contribution in [3.63, 3.8) is 0 Å². The molecule has 2 nitrogen and oxygen atoms in total. The van der Waals surface area contributed by atoms with E-state index in [-0.39, 0.29) is 0 Å². The molecule has 0 atom stereocenters. The van der Waals surface area contributed by atoms with Gasteiger partial charge in [0.15, 0.2) is 11.6 Å². The first-order chi connectivity index (χ1) is 8.08. The molecule has 0 aliphatic carbocycles. The Labute approximate surface area is 112 Å². The Hall–Kier alpha value is -0.980. The Balaban J connectivity index is 2.10. The molecular weight excluding hydrogens is 337 g/mol. The van der Waals surface area contributed by atoms with Gasteiger partial charge in [-0.1, -0.05) is 6.07 Å². The zero-order valence-electron chi connectivity index (χ0n) is 9.25. The first-order valence-electron chi connectivity index (χ1n) is 5.18. The largest absolute Gasteiger partial charge is 0.272 e. The summed E-state index contributed by atoms with van der Waals surface area (Å²) >= 11 is 2.22. The lowest BCUT2D eigenvalue weighted by molar-refractivity contribution is 0.507. The molecule has 0 radical (unpaired) electrons. The molecule has 90 valence electrons. The first-order valence-corrected chi connectivity index (χ1v) is 6.26. The normalized spacial score (nSPS) is 10.8. The molecule has 5 heteroatoms. The van der Waals surface area contributed by atoms with Gasteiger partial charge >= 0.3 is 0 Å². The van der Waals surface area contributed by atoms with E-state index in [1.54, 1.807) is 12.3 Å². The van der Waals surface area contributed by atoms with Gasteiger partial charge in [0.25, 0.3) is 0 Å². The Morgan fingerprint density at radius 2 is 2.00 bits per heavy atom. The number of aryl methyl sites for hydroxylation is 2. The molecule has 0 aliphatic rings. The molecule has 1 aromatic heterocycles. The smallest absolute Gasteiger partial charge is 0.159 e. The minimum absolute atomic E-state index is 0.673. The predicted octanol–water partition coefficient (Wildman–Crippen LogP) is 3.09. The van der Waals surface area contributed by atoms with Gasteiger partial charge in [-0.15, -0.1) is 0 Å². The Bertz CT molecular complexity index is 518. The van der Waals surface area contributed by atoms with Crippen LogP contribution in [-0.4, -0.2) is 9.78 Å². The summed E-state index contributed by atoms with van der Waals surface area (Å²) in [7, 11) is 1.88. The van der Waals surface area contributed by atoms with Gasteiger partial charge in [-0.2, -0.15) is 5.10 Å². The second kappa shape index (κ2) is 5.12. The SMILES string of the molecule is Cn1ncc(I)c1CCc1ccc(F)c(F)c1. The number of aromatic nitrogens is 2. The number of halogens is 3. The molecule has 0 amide bonds. The van der Waals surface area contributed by atoms with Gasteiger partial charge in [-0.3, -0.25) is 4.68 Å². The average molecular weight is 348 g/mol. The Morgan fingerprint density at radius 1 is 1.24 bits per heavy atom. The first kappa shape index (κ1) is 12.5. The number of benzene rings is 1. The van der Waals surface area contributed by atoms with E-state index in [4.69, 9.17) is 0 Å². The number of hydrogen-bond donors (Lipinski definition) is 0. The standard InChI is InChI=1S/C12H11F2IN2/c1-17-12(11(15)7-16-17)5-3-8-2-4-9(13)10(14)6-8/h2,4,6-7H,3,5H2,1H3. The summed E-state index contributed by atoms with van der Waals surface area (Å²) in [6, 6.07) is 4.03. The van der Waals surface area contributed by atoms with Crippen molar-refractivity contribution in [2.45, 2.75) is 12.8 Å². The lowest BCUT2D eigenvalue weighted by atomic mass is 10.1. The second-order valence-electron chi connectivity index (χ2n) is 3.81. The van der Waals surface area contributed by atoms with Crippen molar-refractivity contribution in [1.82, 2.24) is 9.78 Å². The topological polar surface area (TPSA) is 17.8 Å². The third-order valence-electron chi connectivity index (χ3n) is 2.65. The molecule has 1 aromatic carbocycles. The van der Waals surface area contributed by atoms with Crippen LogP contribution in [0.1, 0.15) is 11.3 Å². The quantitative estimate of drug-likeness (QED) is 0.780. The lowest BCUT2D eigenvalue weighted by Crippen LogP contribution is -2.02. The predicted molar refractivity (Wildman–Crippen MR) is 69.7 cm³/mol. The van der Waals surface area contributed by atoms with Crippen LogP contribution in [0.5, 0.6) is 0 Å². The molecule has 0 spiro atoms. The summed E-state index contributed by atoms with van der Waals surface area (Å²) in [4.78, 5) is 0. The van der Waals surface area contributed by atoms with Gasteiger partial charge in [0, 0.05) is 7.05 Å². The summed E-state index contributed by atoms with van der Waals surface area (Å²) < 4.78 is 28.7. The van der Waals surface area contributed by atoms with E-state index in [2.05, 4.69) is 27.7 Å². The van der Waals surface area contributed by atoms with Crippen molar-refractivity contribution < 1.29 is 8.78 Å². The van der Waals surface area contributed by atoms with Crippen molar-refractivity contribution in [2.75, 3.05) is 0 Å². The Morgan fingerprint density at radius 3 is 2.59 bits per heavy atom. The highest BCUT2D eigenvalue weighted by Crippen LogP contribution is 2.15. The van der Waals surface area contributed by atoms with Gasteiger partial charge in [0.1, 0.15) is 0 Å². The van der Waals surface area contributed by atoms with Crippen molar-refractivity contribution >= 4 is 22.6 Å². The maximum atomic E-state index is 13.0. The second-order valence-corrected chi connectivity index (χ2v) is 4.97. The van der Waals surface area contributed by atoms with Crippen LogP contribution in [0.4, 0.5) is 8.78 Å². The van der Waals surface area contributed by atoms with Crippen LogP contribution in [-0.2, 0) is 19.9 Å². The van der Waals surface area contributed by atoms with Crippen LogP contribution in [0.15, 0.2) is 24.4 Å². The van der Waals surface area contributed by atoms with Gasteiger partial charge in [0.05, 0.1) is 15.5 Å². The van der Waals surface area contributed by atoms with Crippen molar-refractivity contribution in [3.8, 4) is 0 Å². The maximum absolute atomic E-state index is 13.0. The summed E-state index contributed by atoms with van der Waals surface area (Å²) in [5, 5.41) is 4.14. The van der Waals surface area contributed by atoms with E-state index in [1.807, 2.05) is 11.7 Å². The molecule has 1 heterocycles. The fourth-order valence-corrected chi connectivity index (χ4v) is 2.42. The molecule has 0 N–H and O–H groups in total. The zero-order chi connectivity index (χ0) is 12.4. The molecular formula is C12H11F2IN2. The van der Waals surface area contributed by atoms with Gasteiger partial charge in [0.2, 0.25) is 0 Å². The molecule has 0 unspecified atom stereocenters. The lowest BCUT2D eigenvalue weighted by Gasteiger charge is -2.04. The average Bonchev–Trinajstić information content (AvgIpc) is 2.61. The highest BCUT2D eigenvalue weighted by Gasteiger charge is 2.07. The van der Waals surface area contributed by atoms with E-state index in [1.165, 1.54) is 12.1 Å². The summed E-state index contributed by atoms with van der Waals surface area (Å²) in [5.41, 5.74) is 1.90. The third kappa shape index (κ3) is 2.83. The van der Waals surface area contributed by atoms with Gasteiger partial charge in [-0.05, 0) is 53.1 Å². The summed E-state index contributed by atoms with van der Waals surface area (Å²) in [5.74, 6) is -1.59. The summed E-state index contributed by atoms with van der Waals surface area (Å²) in [6.07, 6.45) is 3.23. The fourth-order valence-electron chi connectivity index (χ4n) is 1.68. The Kier molecular flexibility index (Phi) is 3.76. The molecule has 0 saturated heterocycles. The fraction of sp³-hybridized carbons (Fsp3) is 0.250. The van der Waals surface area contributed by atoms with Crippen LogP contribution < -0.4 is 0 Å². The minimum Gasteiger partial charge on any atom is -0.272 e. The van der Waals surface area contributed by atoms with Crippen molar-refractivity contribution in [3.05, 3.63) is 50.9 Å². The molecule has 17 heavy (non-hydrogen) atoms. The van der Waals surface area contributed by atoms with Crippen LogP contribution in [0.25, 0.3) is 0 Å². The van der Waals surface area contributed by atoms with Crippen molar-refractivity contribution in [1.29, 1.82) is 0 Å². The van der Waals surface area contributed by atoms with E-state index in [9.17, 15) is 8.78 Å². The maximum Gasteiger partial charge on any atom is 0.159 e. The molecule has 0 saturated carbocycles. The molecule has 0 fully saturated rings. The molecule has 0 aliphatic heterocycles. The van der Waals surface area contributed by atoms with Gasteiger partial charge in [-0.25, -0.2) is 8.78 Å². The van der Waals surface area contributed by atoms with E-state index in [0.717, 1.165) is 21.2 Å². The van der Waals surface area contributed by atoms with E-state index < -0.39 is 11.6 Å². The summed E-state index contributed by atoms with van der Waals surface area (Å²) in [6.45, 7) is 0.